The largest absolute Gasteiger partial charge is 0.497 e. The van der Waals surface area contributed by atoms with Gasteiger partial charge in [0.05, 0.1) is 19.1 Å². The molecule has 1 fully saturated rings. The van der Waals surface area contributed by atoms with Crippen molar-refractivity contribution in [3.63, 3.8) is 0 Å². The van der Waals surface area contributed by atoms with E-state index in [9.17, 15) is 4.79 Å². The highest BCUT2D eigenvalue weighted by molar-refractivity contribution is 7.13. The Labute approximate surface area is 160 Å². The van der Waals surface area contributed by atoms with E-state index in [1.807, 2.05) is 35.7 Å². The quantitative estimate of drug-likeness (QED) is 0.648. The number of rotatable bonds is 6. The lowest BCUT2D eigenvalue weighted by molar-refractivity contribution is -0.128. The van der Waals surface area contributed by atoms with Gasteiger partial charge < -0.3 is 18.9 Å². The Morgan fingerprint density at radius 2 is 2.19 bits per heavy atom. The summed E-state index contributed by atoms with van der Waals surface area (Å²) in [5, 5.41) is 6.05. The predicted octanol–water partition coefficient (Wildman–Crippen LogP) is 3.33. The number of benzene rings is 1. The summed E-state index contributed by atoms with van der Waals surface area (Å²) >= 11 is 1.54. The summed E-state index contributed by atoms with van der Waals surface area (Å²) in [5.74, 6) is 2.50. The van der Waals surface area contributed by atoms with Crippen LogP contribution in [0.2, 0.25) is 0 Å². The van der Waals surface area contributed by atoms with Crippen molar-refractivity contribution in [1.82, 2.24) is 15.0 Å². The van der Waals surface area contributed by atoms with Crippen LogP contribution < -0.4 is 9.47 Å². The number of carbonyl (C=O) groups is 1. The van der Waals surface area contributed by atoms with Gasteiger partial charge in [0.15, 0.2) is 5.82 Å². The molecule has 1 amide bonds. The van der Waals surface area contributed by atoms with Gasteiger partial charge in [0.25, 0.3) is 5.89 Å². The lowest BCUT2D eigenvalue weighted by atomic mass is 10.1. The molecule has 0 radical (unpaired) electrons. The van der Waals surface area contributed by atoms with E-state index < -0.39 is 0 Å². The molecule has 1 saturated heterocycles. The summed E-state index contributed by atoms with van der Waals surface area (Å²) in [4.78, 5) is 19.7. The molecule has 140 valence electrons. The molecule has 0 aliphatic carbocycles. The van der Waals surface area contributed by atoms with Gasteiger partial charge in [-0.15, -0.1) is 11.3 Å². The first-order valence-electron chi connectivity index (χ1n) is 8.54. The van der Waals surface area contributed by atoms with E-state index in [0.717, 1.165) is 10.4 Å². The Hall–Kier alpha value is -2.87. The van der Waals surface area contributed by atoms with Crippen molar-refractivity contribution in [2.24, 2.45) is 0 Å². The van der Waals surface area contributed by atoms with Crippen LogP contribution in [0, 0.1) is 0 Å². The number of aromatic nitrogens is 2. The van der Waals surface area contributed by atoms with Gasteiger partial charge in [-0.2, -0.15) is 4.98 Å². The molecule has 3 aromatic rings. The fourth-order valence-electron chi connectivity index (χ4n) is 3.19. The lowest BCUT2D eigenvalue weighted by Gasteiger charge is -2.18. The molecular formula is C19H19N3O4S. The van der Waals surface area contributed by atoms with Crippen molar-refractivity contribution in [2.75, 3.05) is 20.8 Å². The topological polar surface area (TPSA) is 77.7 Å². The summed E-state index contributed by atoms with van der Waals surface area (Å²) < 4.78 is 16.0. The number of thiophene rings is 1. The van der Waals surface area contributed by atoms with Crippen molar-refractivity contribution in [1.29, 1.82) is 0 Å². The Bertz CT molecular complexity index is 938. The van der Waals surface area contributed by atoms with Crippen molar-refractivity contribution >= 4 is 17.2 Å². The van der Waals surface area contributed by atoms with Crippen LogP contribution in [0.5, 0.6) is 11.5 Å². The summed E-state index contributed by atoms with van der Waals surface area (Å²) in [7, 11) is 3.22. The molecule has 0 spiro atoms. The van der Waals surface area contributed by atoms with Crippen LogP contribution in [-0.2, 0) is 11.3 Å². The maximum absolute atomic E-state index is 12.5. The second kappa shape index (κ2) is 7.40. The maximum atomic E-state index is 12.5. The standard InChI is InChI=1S/C19H19N3O4S/c1-24-14-6-5-12(15(9-14)25-2)10-22-11-13(8-17(22)23)18-20-19(26-21-18)16-4-3-7-27-16/h3-7,9,13H,8,10-11H2,1-2H3. The van der Waals surface area contributed by atoms with Gasteiger partial charge >= 0.3 is 0 Å². The zero-order valence-electron chi connectivity index (χ0n) is 15.0. The molecule has 8 heteroatoms. The molecule has 1 unspecified atom stereocenters. The first-order valence-corrected chi connectivity index (χ1v) is 9.42. The minimum Gasteiger partial charge on any atom is -0.497 e. The predicted molar refractivity (Wildman–Crippen MR) is 99.9 cm³/mol. The third-order valence-electron chi connectivity index (χ3n) is 4.61. The molecule has 4 rings (SSSR count). The molecular weight excluding hydrogens is 366 g/mol. The normalized spacial score (nSPS) is 16.7. The highest BCUT2D eigenvalue weighted by Crippen LogP contribution is 2.32. The van der Waals surface area contributed by atoms with E-state index in [2.05, 4.69) is 10.1 Å². The van der Waals surface area contributed by atoms with Gasteiger partial charge in [-0.1, -0.05) is 11.2 Å². The van der Waals surface area contributed by atoms with Crippen LogP contribution in [0.1, 0.15) is 23.7 Å². The smallest absolute Gasteiger partial charge is 0.267 e. The molecule has 1 aromatic carbocycles. The minimum absolute atomic E-state index is 0.0698. The fourth-order valence-corrected chi connectivity index (χ4v) is 3.83. The van der Waals surface area contributed by atoms with Crippen LogP contribution in [0.25, 0.3) is 10.8 Å². The van der Waals surface area contributed by atoms with Gasteiger partial charge in [-0.3, -0.25) is 4.79 Å². The first-order chi connectivity index (χ1) is 13.2. The maximum Gasteiger partial charge on any atom is 0.267 e. The van der Waals surface area contributed by atoms with E-state index in [0.29, 0.717) is 42.7 Å². The van der Waals surface area contributed by atoms with Crippen molar-refractivity contribution in [3.8, 4) is 22.3 Å². The third-order valence-corrected chi connectivity index (χ3v) is 5.47. The Kier molecular flexibility index (Phi) is 4.81. The monoisotopic (exact) mass is 385 g/mol. The molecule has 2 aromatic heterocycles. The number of hydrogen-bond donors (Lipinski definition) is 0. The van der Waals surface area contributed by atoms with Crippen LogP contribution >= 0.6 is 11.3 Å². The van der Waals surface area contributed by atoms with Crippen LogP contribution in [0.3, 0.4) is 0 Å². The Morgan fingerprint density at radius 1 is 1.30 bits per heavy atom. The summed E-state index contributed by atoms with van der Waals surface area (Å²) in [6.07, 6.45) is 0.377. The second-order valence-electron chi connectivity index (χ2n) is 6.29. The number of nitrogens with zero attached hydrogens (tertiary/aromatic N) is 3. The highest BCUT2D eigenvalue weighted by Gasteiger charge is 2.34. The summed E-state index contributed by atoms with van der Waals surface area (Å²) in [5.41, 5.74) is 0.930. The molecule has 3 heterocycles. The van der Waals surface area contributed by atoms with Gasteiger partial charge in [-0.25, -0.2) is 0 Å². The summed E-state index contributed by atoms with van der Waals surface area (Å²) in [6.45, 7) is 1.02. The minimum atomic E-state index is -0.0702. The van der Waals surface area contributed by atoms with E-state index in [-0.39, 0.29) is 11.8 Å². The van der Waals surface area contributed by atoms with Crippen molar-refractivity contribution in [2.45, 2.75) is 18.9 Å². The van der Waals surface area contributed by atoms with Crippen molar-refractivity contribution in [3.05, 3.63) is 47.1 Å². The van der Waals surface area contributed by atoms with Crippen molar-refractivity contribution < 1.29 is 18.8 Å². The number of carbonyl (C=O) groups excluding carboxylic acids is 1. The SMILES string of the molecule is COc1ccc(CN2CC(c3noc(-c4cccs4)n3)CC2=O)c(OC)c1. The third kappa shape index (κ3) is 3.52. The molecule has 1 atom stereocenters. The summed E-state index contributed by atoms with van der Waals surface area (Å²) in [6, 6.07) is 9.47. The fraction of sp³-hybridized carbons (Fsp3) is 0.316. The van der Waals surface area contributed by atoms with E-state index in [4.69, 9.17) is 14.0 Å². The van der Waals surface area contributed by atoms with E-state index >= 15 is 0 Å². The molecule has 0 N–H and O–H groups in total. The molecule has 7 nitrogen and oxygen atoms in total. The molecule has 1 aliphatic rings. The first kappa shape index (κ1) is 17.5. The molecule has 0 bridgehead atoms. The van der Waals surface area contributed by atoms with E-state index in [1.54, 1.807) is 30.5 Å². The molecule has 0 saturated carbocycles. The van der Waals surface area contributed by atoms with Crippen LogP contribution in [-0.4, -0.2) is 41.7 Å². The highest BCUT2D eigenvalue weighted by atomic mass is 32.1. The zero-order valence-corrected chi connectivity index (χ0v) is 15.9. The number of methoxy groups -OCH3 is 2. The number of ether oxygens (including phenoxy) is 2. The molecule has 1 aliphatic heterocycles. The average molecular weight is 385 g/mol. The average Bonchev–Trinajstić information content (AvgIpc) is 3.43. The van der Waals surface area contributed by atoms with Gasteiger partial charge in [0, 0.05) is 37.1 Å². The number of amides is 1. The Morgan fingerprint density at radius 3 is 2.93 bits per heavy atom. The van der Waals surface area contributed by atoms with Gasteiger partial charge in [0.2, 0.25) is 5.91 Å². The zero-order chi connectivity index (χ0) is 18.8. The number of hydrogen-bond acceptors (Lipinski definition) is 7. The lowest BCUT2D eigenvalue weighted by Crippen LogP contribution is -2.24. The van der Waals surface area contributed by atoms with Gasteiger partial charge in [-0.05, 0) is 23.6 Å². The van der Waals surface area contributed by atoms with Crippen LogP contribution in [0.4, 0.5) is 0 Å². The Balaban J connectivity index is 1.48. The van der Waals surface area contributed by atoms with Gasteiger partial charge in [0.1, 0.15) is 11.5 Å². The van der Waals surface area contributed by atoms with Crippen LogP contribution in [0.15, 0.2) is 40.2 Å². The molecule has 27 heavy (non-hydrogen) atoms. The van der Waals surface area contributed by atoms with E-state index in [1.165, 1.54) is 0 Å². The number of likely N-dealkylation sites (tertiary alicyclic amines) is 1. The second-order valence-corrected chi connectivity index (χ2v) is 7.24.